The number of unbranched alkanes of at least 4 members (excludes halogenated alkanes) is 4. The van der Waals surface area contributed by atoms with E-state index in [0.717, 1.165) is 43.7 Å². The Balaban J connectivity index is 2.51. The second kappa shape index (κ2) is 15.9. The topological polar surface area (TPSA) is 83.5 Å². The van der Waals surface area contributed by atoms with Crippen LogP contribution < -0.4 is 9.47 Å². The summed E-state index contributed by atoms with van der Waals surface area (Å²) in [5, 5.41) is 9.58. The maximum absolute atomic E-state index is 11.7. The molecule has 32 heavy (non-hydrogen) atoms. The number of hydrogen-bond acceptors (Lipinski definition) is 6. The lowest BCUT2D eigenvalue weighted by Crippen LogP contribution is -2.45. The zero-order chi connectivity index (χ0) is 23.8. The molecule has 0 aliphatic rings. The Morgan fingerprint density at radius 3 is 1.97 bits per heavy atom. The highest BCUT2D eigenvalue weighted by Crippen LogP contribution is 2.29. The first kappa shape index (κ1) is 28.2. The molecule has 0 aromatic heterocycles. The van der Waals surface area contributed by atoms with Crippen molar-refractivity contribution in [2.24, 2.45) is 0 Å². The van der Waals surface area contributed by atoms with E-state index in [1.54, 1.807) is 32.4 Å². The molecule has 0 spiro atoms. The lowest BCUT2D eigenvalue weighted by molar-refractivity contribution is -0.132. The van der Waals surface area contributed by atoms with Crippen LogP contribution in [0, 0.1) is 0 Å². The monoisotopic (exact) mass is 468 g/mol. The van der Waals surface area contributed by atoms with Crippen LogP contribution in [0.3, 0.4) is 0 Å². The molecule has 1 N–H and O–H groups in total. The van der Waals surface area contributed by atoms with Crippen LogP contribution >= 0.6 is 0 Å². The molecule has 0 radical (unpaired) electrons. The van der Waals surface area contributed by atoms with Gasteiger partial charge < -0.3 is 27.9 Å². The van der Waals surface area contributed by atoms with Gasteiger partial charge in [-0.05, 0) is 63.8 Å². The van der Waals surface area contributed by atoms with Crippen molar-refractivity contribution in [1.82, 2.24) is 0 Å². The summed E-state index contributed by atoms with van der Waals surface area (Å²) in [7, 11) is 0.574. The minimum atomic E-state index is -2.56. The average molecular weight is 469 g/mol. The van der Waals surface area contributed by atoms with E-state index in [9.17, 15) is 9.90 Å². The third kappa shape index (κ3) is 9.73. The van der Waals surface area contributed by atoms with Crippen molar-refractivity contribution in [3.05, 3.63) is 29.3 Å². The predicted octanol–water partition coefficient (Wildman–Crippen LogP) is 5.56. The second-order valence-electron chi connectivity index (χ2n) is 7.34. The maximum atomic E-state index is 11.7. The number of carbonyl (C=O) groups is 1. The summed E-state index contributed by atoms with van der Waals surface area (Å²) in [5.74, 6) is 0.309. The first-order valence-corrected chi connectivity index (χ1v) is 13.5. The molecule has 0 aliphatic heterocycles. The summed E-state index contributed by atoms with van der Waals surface area (Å²) in [6.07, 6.45) is 7.11. The van der Waals surface area contributed by atoms with E-state index < -0.39 is 14.8 Å². The highest BCUT2D eigenvalue weighted by molar-refractivity contribution is 6.60. The van der Waals surface area contributed by atoms with Gasteiger partial charge in [-0.1, -0.05) is 25.3 Å². The molecule has 1 rings (SSSR count). The van der Waals surface area contributed by atoms with Gasteiger partial charge in [-0.25, -0.2) is 4.79 Å². The summed E-state index contributed by atoms with van der Waals surface area (Å²) in [6.45, 7) is 7.68. The number of hydrogen-bond donors (Lipinski definition) is 1. The normalized spacial score (nSPS) is 12.1. The standard InChI is InChI=1S/C24H40O7Si/c1-6-29-32(30-7-2,31-8-3)17-13-11-9-10-12-14-21(24(25)26)18-20-15-16-22(27-4)23(19-20)28-5/h15-16,18-19H,6-14,17H2,1-5H3,(H,25,26)/b21-18+. The number of ether oxygens (including phenoxy) is 2. The van der Waals surface area contributed by atoms with Gasteiger partial charge in [0, 0.05) is 31.4 Å². The number of carboxylic acid groups (broad SMARTS) is 1. The van der Waals surface area contributed by atoms with E-state index in [1.165, 1.54) is 0 Å². The van der Waals surface area contributed by atoms with Gasteiger partial charge in [0.2, 0.25) is 0 Å². The Bertz CT molecular complexity index is 689. The van der Waals surface area contributed by atoms with Gasteiger partial charge >= 0.3 is 14.8 Å². The van der Waals surface area contributed by atoms with Gasteiger partial charge in [0.15, 0.2) is 11.5 Å². The molecular formula is C24H40O7Si. The van der Waals surface area contributed by atoms with Gasteiger partial charge in [0.25, 0.3) is 0 Å². The van der Waals surface area contributed by atoms with Gasteiger partial charge in [-0.15, -0.1) is 0 Å². The molecule has 0 amide bonds. The molecule has 1 aromatic carbocycles. The fourth-order valence-corrected chi connectivity index (χ4v) is 6.26. The largest absolute Gasteiger partial charge is 0.500 e. The summed E-state index contributed by atoms with van der Waals surface area (Å²) in [4.78, 5) is 11.7. The molecule has 1 aromatic rings. The van der Waals surface area contributed by atoms with Crippen molar-refractivity contribution in [1.29, 1.82) is 0 Å². The van der Waals surface area contributed by atoms with Crippen molar-refractivity contribution in [2.75, 3.05) is 34.0 Å². The molecule has 0 saturated carbocycles. The van der Waals surface area contributed by atoms with Crippen LogP contribution in [0.4, 0.5) is 0 Å². The number of carboxylic acids is 1. The smallest absolute Gasteiger partial charge is 0.493 e. The van der Waals surface area contributed by atoms with Crippen LogP contribution in [0.15, 0.2) is 23.8 Å². The molecule has 0 bridgehead atoms. The molecule has 0 fully saturated rings. The summed E-state index contributed by atoms with van der Waals surface area (Å²) in [5.41, 5.74) is 1.18. The van der Waals surface area contributed by atoms with E-state index in [-0.39, 0.29) is 0 Å². The molecule has 0 atom stereocenters. The van der Waals surface area contributed by atoms with E-state index in [4.69, 9.17) is 22.8 Å². The van der Waals surface area contributed by atoms with Crippen molar-refractivity contribution in [3.63, 3.8) is 0 Å². The van der Waals surface area contributed by atoms with E-state index in [1.807, 2.05) is 26.8 Å². The van der Waals surface area contributed by atoms with Crippen LogP contribution in [0.1, 0.15) is 64.9 Å². The molecule has 0 saturated heterocycles. The van der Waals surface area contributed by atoms with Crippen molar-refractivity contribution in [2.45, 2.75) is 65.3 Å². The van der Waals surface area contributed by atoms with Crippen molar-refractivity contribution >= 4 is 20.8 Å². The molecule has 0 aliphatic carbocycles. The number of benzene rings is 1. The lowest BCUT2D eigenvalue weighted by Gasteiger charge is -2.28. The number of aliphatic carboxylic acids is 1. The Hall–Kier alpha value is -1.87. The first-order chi connectivity index (χ1) is 15.4. The third-order valence-corrected chi connectivity index (χ3v) is 8.20. The second-order valence-corrected chi connectivity index (χ2v) is 10.1. The van der Waals surface area contributed by atoms with E-state index >= 15 is 0 Å². The Morgan fingerprint density at radius 1 is 0.875 bits per heavy atom. The summed E-state index contributed by atoms with van der Waals surface area (Å²) >= 11 is 0. The molecule has 0 unspecified atom stereocenters. The minimum Gasteiger partial charge on any atom is -0.493 e. The summed E-state index contributed by atoms with van der Waals surface area (Å²) < 4.78 is 28.2. The van der Waals surface area contributed by atoms with Crippen LogP contribution in [-0.2, 0) is 18.1 Å². The average Bonchev–Trinajstić information content (AvgIpc) is 2.77. The highest BCUT2D eigenvalue weighted by Gasteiger charge is 2.39. The fraction of sp³-hybridized carbons (Fsp3) is 0.625. The highest BCUT2D eigenvalue weighted by atomic mass is 28.4. The van der Waals surface area contributed by atoms with E-state index in [0.29, 0.717) is 43.3 Å². The zero-order valence-electron chi connectivity index (χ0n) is 20.3. The molecule has 7 nitrogen and oxygen atoms in total. The Labute approximate surface area is 194 Å². The van der Waals surface area contributed by atoms with Crippen LogP contribution in [0.25, 0.3) is 6.08 Å². The van der Waals surface area contributed by atoms with Gasteiger partial charge in [-0.3, -0.25) is 0 Å². The molecule has 0 heterocycles. The van der Waals surface area contributed by atoms with Gasteiger partial charge in [-0.2, -0.15) is 0 Å². The van der Waals surface area contributed by atoms with Crippen molar-refractivity contribution in [3.8, 4) is 11.5 Å². The minimum absolute atomic E-state index is 0.396. The fourth-order valence-electron chi connectivity index (χ4n) is 3.57. The SMILES string of the molecule is CCO[Si](CCCCCCC/C(=C\c1ccc(OC)c(OC)c1)C(=O)O)(OCC)OCC. The predicted molar refractivity (Wildman–Crippen MR) is 128 cm³/mol. The first-order valence-electron chi connectivity index (χ1n) is 11.5. The van der Waals surface area contributed by atoms with Gasteiger partial charge in [0.1, 0.15) is 0 Å². The van der Waals surface area contributed by atoms with Crippen LogP contribution in [-0.4, -0.2) is 53.9 Å². The Kier molecular flexibility index (Phi) is 13.9. The number of rotatable bonds is 18. The molecule has 8 heteroatoms. The maximum Gasteiger partial charge on any atom is 0.500 e. The van der Waals surface area contributed by atoms with Crippen LogP contribution in [0.2, 0.25) is 6.04 Å². The van der Waals surface area contributed by atoms with E-state index in [2.05, 4.69) is 0 Å². The molecule has 182 valence electrons. The lowest BCUT2D eigenvalue weighted by atomic mass is 10.0. The third-order valence-electron chi connectivity index (χ3n) is 5.05. The zero-order valence-corrected chi connectivity index (χ0v) is 21.3. The van der Waals surface area contributed by atoms with Gasteiger partial charge in [0.05, 0.1) is 14.2 Å². The summed E-state index contributed by atoms with van der Waals surface area (Å²) in [6, 6.07) is 6.21. The van der Waals surface area contributed by atoms with Crippen molar-refractivity contribution < 1.29 is 32.7 Å². The van der Waals surface area contributed by atoms with Crippen LogP contribution in [0.5, 0.6) is 11.5 Å². The quantitative estimate of drug-likeness (QED) is 0.171. The Morgan fingerprint density at radius 2 is 1.44 bits per heavy atom. The number of methoxy groups -OCH3 is 2. The molecular weight excluding hydrogens is 428 g/mol.